The molecule has 0 aliphatic rings. The van der Waals surface area contributed by atoms with Crippen molar-refractivity contribution >= 4 is 76.9 Å². The van der Waals surface area contributed by atoms with Gasteiger partial charge in [0.1, 0.15) is 30.2 Å². The second-order valence-corrected chi connectivity index (χ2v) is 15.0. The topological polar surface area (TPSA) is 384 Å². The first-order chi connectivity index (χ1) is 29.4. The molecule has 24 heteroatoms. The van der Waals surface area contributed by atoms with Crippen LogP contribution in [0.4, 0.5) is 0 Å². The van der Waals surface area contributed by atoms with Crippen LogP contribution in [0, 0.1) is 5.92 Å². The van der Waals surface area contributed by atoms with Gasteiger partial charge in [0.15, 0.2) is 5.96 Å². The molecule has 3 aromatic rings. The lowest BCUT2D eigenvalue weighted by atomic mass is 9.99. The van der Waals surface area contributed by atoms with E-state index in [2.05, 4.69) is 64.5 Å². The summed E-state index contributed by atoms with van der Waals surface area (Å²) in [6.45, 7) is 2.72. The predicted octanol–water partition coefficient (Wildman–Crippen LogP) is -2.87. The smallest absolute Gasteiger partial charge is 0.327 e. The summed E-state index contributed by atoms with van der Waals surface area (Å²) in [5, 5.41) is 34.2. The molecule has 0 unspecified atom stereocenters. The van der Waals surface area contributed by atoms with Crippen LogP contribution in [0.3, 0.4) is 0 Å². The number of benzene rings is 1. The number of H-pyrrole nitrogens is 2. The number of guanidine groups is 1. The van der Waals surface area contributed by atoms with Crippen molar-refractivity contribution in [3.05, 3.63) is 54.2 Å². The van der Waals surface area contributed by atoms with Crippen molar-refractivity contribution in [3.8, 4) is 0 Å². The van der Waals surface area contributed by atoms with Gasteiger partial charge in [-0.3, -0.25) is 38.6 Å². The van der Waals surface area contributed by atoms with E-state index in [4.69, 9.17) is 22.3 Å². The maximum absolute atomic E-state index is 14.4. The largest absolute Gasteiger partial charge is 0.481 e. The van der Waals surface area contributed by atoms with Gasteiger partial charge in [-0.15, -0.1) is 0 Å². The number of amides is 6. The van der Waals surface area contributed by atoms with E-state index in [1.165, 1.54) is 12.5 Å². The van der Waals surface area contributed by atoms with Crippen LogP contribution in [0.5, 0.6) is 0 Å². The molecule has 0 saturated carbocycles. The molecule has 2 heterocycles. The summed E-state index contributed by atoms with van der Waals surface area (Å²) >= 11 is 3.90. The predicted molar refractivity (Wildman–Crippen MR) is 228 cm³/mol. The second kappa shape index (κ2) is 24.5. The lowest BCUT2D eigenvalue weighted by Crippen LogP contribution is -2.60. The molecule has 1 aromatic carbocycles. The van der Waals surface area contributed by atoms with Crippen molar-refractivity contribution in [1.82, 2.24) is 46.9 Å². The van der Waals surface area contributed by atoms with Gasteiger partial charge in [0.2, 0.25) is 35.4 Å². The van der Waals surface area contributed by atoms with Gasteiger partial charge >= 0.3 is 11.9 Å². The summed E-state index contributed by atoms with van der Waals surface area (Å²) in [4.78, 5) is 118. The highest BCUT2D eigenvalue weighted by atomic mass is 32.1. The number of aromatic amines is 2. The molecule has 0 aliphatic carbocycles. The van der Waals surface area contributed by atoms with Gasteiger partial charge in [-0.25, -0.2) is 9.78 Å². The molecular weight excluding hydrogens is 831 g/mol. The number of aliphatic carboxylic acids is 2. The molecule has 6 amide bonds. The van der Waals surface area contributed by atoms with Crippen molar-refractivity contribution in [2.45, 2.75) is 88.6 Å². The van der Waals surface area contributed by atoms with E-state index in [9.17, 15) is 43.5 Å². The number of thiol groups is 1. The molecule has 6 atom stereocenters. The summed E-state index contributed by atoms with van der Waals surface area (Å²) in [6.07, 6.45) is 3.75. The highest BCUT2D eigenvalue weighted by molar-refractivity contribution is 7.80. The molecule has 0 aliphatic heterocycles. The molecule has 0 fully saturated rings. The first-order valence-corrected chi connectivity index (χ1v) is 20.2. The van der Waals surface area contributed by atoms with E-state index in [1.54, 1.807) is 26.1 Å². The Morgan fingerprint density at radius 3 is 2.08 bits per heavy atom. The van der Waals surface area contributed by atoms with Crippen LogP contribution in [0.15, 0.2) is 48.0 Å². The monoisotopic (exact) mass is 885 g/mol. The Hall–Kier alpha value is -6.69. The zero-order valence-corrected chi connectivity index (χ0v) is 35.1. The van der Waals surface area contributed by atoms with Gasteiger partial charge in [0.05, 0.1) is 18.9 Å². The molecular formula is C38H55N13O10S. The van der Waals surface area contributed by atoms with E-state index in [1.807, 2.05) is 18.2 Å². The lowest BCUT2D eigenvalue weighted by Gasteiger charge is -2.28. The number of carboxylic acids is 2. The average molecular weight is 886 g/mol. The fourth-order valence-corrected chi connectivity index (χ4v) is 6.31. The Labute approximate surface area is 361 Å². The van der Waals surface area contributed by atoms with Gasteiger partial charge in [-0.2, -0.15) is 12.6 Å². The van der Waals surface area contributed by atoms with Crippen molar-refractivity contribution in [3.63, 3.8) is 0 Å². The lowest BCUT2D eigenvalue weighted by molar-refractivity contribution is -0.141. The second-order valence-electron chi connectivity index (χ2n) is 14.6. The molecule has 0 spiro atoms. The summed E-state index contributed by atoms with van der Waals surface area (Å²) < 4.78 is 0. The van der Waals surface area contributed by atoms with Gasteiger partial charge in [-0.05, 0) is 36.8 Å². The third-order valence-corrected chi connectivity index (χ3v) is 9.78. The molecule has 2 aromatic heterocycles. The van der Waals surface area contributed by atoms with E-state index < -0.39 is 96.1 Å². The number of nitrogens with zero attached hydrogens (tertiary/aromatic N) is 2. The number of hydrogen-bond acceptors (Lipinski definition) is 12. The van der Waals surface area contributed by atoms with E-state index in [0.717, 1.165) is 10.9 Å². The van der Waals surface area contributed by atoms with Gasteiger partial charge in [0.25, 0.3) is 0 Å². The zero-order chi connectivity index (χ0) is 45.9. The minimum atomic E-state index is -1.40. The van der Waals surface area contributed by atoms with Crippen LogP contribution in [0.2, 0.25) is 0 Å². The summed E-state index contributed by atoms with van der Waals surface area (Å²) in [5.74, 6) is -8.29. The standard InChI is InChI=1S/C38H55N13O10S/c1-19(2)31(51-32(55)23(39)9-10-30(53)54)36(59)50-26(12-20-14-44-24-7-4-3-6-22(20)24)34(57)49-27(13-21-15-42-18-46-21)35(58)48-25(8-5-11-43-38(40)41)33(56)45-16-29(52)47-28(17-62)37(60)61/h3-4,6-7,14-15,18-19,23,25-28,31,44,62H,5,8-13,16-17,39H2,1-2H3,(H,42,46)(H,45,56)(H,47,52)(H,48,58)(H,49,57)(H,50,59)(H,51,55)(H,53,54)(H,60,61)(H4,40,41,43)/t23-,25-,26-,27-,28-,31-/m0/s1. The summed E-state index contributed by atoms with van der Waals surface area (Å²) in [5.41, 5.74) is 18.6. The highest BCUT2D eigenvalue weighted by Crippen LogP contribution is 2.20. The summed E-state index contributed by atoms with van der Waals surface area (Å²) in [6, 6.07) is -0.605. The van der Waals surface area contributed by atoms with Gasteiger partial charge in [-0.1, -0.05) is 32.0 Å². The van der Waals surface area contributed by atoms with Crippen molar-refractivity contribution in [2.75, 3.05) is 18.8 Å². The van der Waals surface area contributed by atoms with Crippen LogP contribution in [-0.2, 0) is 51.2 Å². The Kier molecular flexibility index (Phi) is 19.7. The maximum atomic E-state index is 14.4. The number of nitrogens with two attached hydrogens (primary N) is 3. The van der Waals surface area contributed by atoms with Gasteiger partial charge < -0.3 is 69.3 Å². The summed E-state index contributed by atoms with van der Waals surface area (Å²) in [7, 11) is 0. The Bertz CT molecular complexity index is 2060. The number of para-hydroxylation sites is 1. The van der Waals surface area contributed by atoms with Gasteiger partial charge in [0, 0.05) is 60.6 Å². The Morgan fingerprint density at radius 1 is 0.806 bits per heavy atom. The number of carboxylic acid groups (broad SMARTS) is 2. The quantitative estimate of drug-likeness (QED) is 0.0167. The van der Waals surface area contributed by atoms with Crippen LogP contribution in [0.1, 0.15) is 50.8 Å². The number of aromatic nitrogens is 3. The third-order valence-electron chi connectivity index (χ3n) is 9.41. The van der Waals surface area contributed by atoms with Crippen molar-refractivity contribution in [2.24, 2.45) is 28.1 Å². The molecule has 62 heavy (non-hydrogen) atoms. The van der Waals surface area contributed by atoms with Crippen LogP contribution >= 0.6 is 12.6 Å². The number of carbonyl (C=O) groups is 8. The highest BCUT2D eigenvalue weighted by Gasteiger charge is 2.34. The average Bonchev–Trinajstić information content (AvgIpc) is 3.90. The van der Waals surface area contributed by atoms with Crippen molar-refractivity contribution < 1.29 is 48.6 Å². The van der Waals surface area contributed by atoms with E-state index >= 15 is 0 Å². The Balaban J connectivity index is 1.92. The number of hydrogen-bond donors (Lipinski definition) is 14. The molecule has 16 N–H and O–H groups in total. The minimum Gasteiger partial charge on any atom is -0.481 e. The zero-order valence-electron chi connectivity index (χ0n) is 34.2. The first-order valence-electron chi connectivity index (χ1n) is 19.6. The van der Waals surface area contributed by atoms with Crippen molar-refractivity contribution in [1.29, 1.82) is 0 Å². The normalized spacial score (nSPS) is 14.0. The maximum Gasteiger partial charge on any atom is 0.327 e. The van der Waals surface area contributed by atoms with Crippen LogP contribution in [0.25, 0.3) is 10.9 Å². The van der Waals surface area contributed by atoms with Crippen LogP contribution < -0.4 is 49.1 Å². The fourth-order valence-electron chi connectivity index (χ4n) is 6.06. The molecule has 3 rings (SSSR count). The number of imidazole rings is 1. The SMILES string of the molecule is CC(C)[C@H](NC(=O)[C@@H](N)CCC(=O)O)C(=O)N[C@@H](Cc1c[nH]c2ccccc12)C(=O)N[C@@H](Cc1cnc[nH]1)C(=O)N[C@@H](CCCN=C(N)N)C(=O)NCC(=O)N[C@@H](CS)C(=O)O. The number of carbonyl (C=O) groups excluding carboxylic acids is 6. The fraction of sp³-hybridized carbons (Fsp3) is 0.474. The number of fused-ring (bicyclic) bond motifs is 1. The van der Waals surface area contributed by atoms with Crippen LogP contribution in [-0.4, -0.2) is 134 Å². The first kappa shape index (κ1) is 49.7. The molecule has 0 saturated heterocycles. The van der Waals surface area contributed by atoms with E-state index in [0.29, 0.717) is 11.3 Å². The minimum absolute atomic E-state index is 0.0450. The third kappa shape index (κ3) is 16.1. The number of nitrogens with one attached hydrogen (secondary N) is 8. The molecule has 338 valence electrons. The molecule has 23 nitrogen and oxygen atoms in total. The molecule has 0 bridgehead atoms. The van der Waals surface area contributed by atoms with E-state index in [-0.39, 0.29) is 56.8 Å². The molecule has 0 radical (unpaired) electrons. The Morgan fingerprint density at radius 2 is 1.47 bits per heavy atom. The number of rotatable bonds is 26. The number of aliphatic imine (C=N–C) groups is 1.